The van der Waals surface area contributed by atoms with E-state index in [2.05, 4.69) is 5.32 Å². The van der Waals surface area contributed by atoms with Crippen molar-refractivity contribution in [2.45, 2.75) is 25.2 Å². The molecule has 0 spiro atoms. The first-order chi connectivity index (χ1) is 8.15. The number of nitriles is 1. The third-order valence-electron chi connectivity index (χ3n) is 2.87. The van der Waals surface area contributed by atoms with E-state index in [1.54, 1.807) is 24.3 Å². The monoisotopic (exact) mass is 232 g/mol. The van der Waals surface area contributed by atoms with E-state index in [0.29, 0.717) is 23.2 Å². The van der Waals surface area contributed by atoms with Crippen LogP contribution in [-0.2, 0) is 6.54 Å². The molecule has 3 N–H and O–H groups in total. The molecule has 1 aromatic carbocycles. The van der Waals surface area contributed by atoms with Gasteiger partial charge in [-0.3, -0.25) is 4.79 Å². The summed E-state index contributed by atoms with van der Waals surface area (Å²) in [5, 5.41) is 30.7. The molecule has 17 heavy (non-hydrogen) atoms. The van der Waals surface area contributed by atoms with Gasteiger partial charge in [0, 0.05) is 12.1 Å². The van der Waals surface area contributed by atoms with Crippen LogP contribution in [0.2, 0.25) is 0 Å². The van der Waals surface area contributed by atoms with Crippen LogP contribution in [0.25, 0.3) is 0 Å². The van der Waals surface area contributed by atoms with Gasteiger partial charge in [-0.15, -0.1) is 0 Å². The highest BCUT2D eigenvalue weighted by Crippen LogP contribution is 2.27. The van der Waals surface area contributed by atoms with E-state index in [1.807, 2.05) is 0 Å². The van der Waals surface area contributed by atoms with Crippen molar-refractivity contribution in [1.82, 2.24) is 5.32 Å². The van der Waals surface area contributed by atoms with Gasteiger partial charge in [0.2, 0.25) is 0 Å². The second-order valence-corrected chi connectivity index (χ2v) is 3.93. The van der Waals surface area contributed by atoms with Gasteiger partial charge in [-0.1, -0.05) is 12.1 Å². The Labute approximate surface area is 98.3 Å². The van der Waals surface area contributed by atoms with Crippen molar-refractivity contribution in [2.75, 3.05) is 0 Å². The number of aliphatic hydroxyl groups excluding tert-OH is 2. The lowest BCUT2D eigenvalue weighted by molar-refractivity contribution is 0.0211. The molecule has 1 heterocycles. The largest absolute Gasteiger partial charge is 0.389 e. The predicted octanol–water partition coefficient (Wildman–Crippen LogP) is 0.238. The van der Waals surface area contributed by atoms with Crippen molar-refractivity contribution in [3.63, 3.8) is 0 Å². The number of carbonyl (C=O) groups is 1. The van der Waals surface area contributed by atoms with Crippen LogP contribution in [-0.4, -0.2) is 22.2 Å². The molecule has 0 radical (unpaired) electrons. The van der Waals surface area contributed by atoms with Gasteiger partial charge < -0.3 is 15.5 Å². The summed E-state index contributed by atoms with van der Waals surface area (Å²) in [5.74, 6) is -0.177. The fourth-order valence-corrected chi connectivity index (χ4v) is 1.97. The maximum Gasteiger partial charge on any atom is 0.251 e. The highest BCUT2D eigenvalue weighted by molar-refractivity contribution is 5.98. The number of amides is 1. The highest BCUT2D eigenvalue weighted by Gasteiger charge is 2.27. The van der Waals surface area contributed by atoms with Gasteiger partial charge in [-0.2, -0.15) is 5.26 Å². The molecule has 1 aliphatic heterocycles. The number of hydrogen-bond acceptors (Lipinski definition) is 4. The van der Waals surface area contributed by atoms with Crippen LogP contribution >= 0.6 is 0 Å². The zero-order valence-electron chi connectivity index (χ0n) is 9.05. The highest BCUT2D eigenvalue weighted by atomic mass is 16.3. The molecule has 5 heteroatoms. The molecular weight excluding hydrogens is 220 g/mol. The van der Waals surface area contributed by atoms with Crippen LogP contribution in [0, 0.1) is 11.3 Å². The Morgan fingerprint density at radius 2 is 2.24 bits per heavy atom. The predicted molar refractivity (Wildman–Crippen MR) is 58.8 cm³/mol. The van der Waals surface area contributed by atoms with Crippen molar-refractivity contribution in [3.05, 3.63) is 34.9 Å². The van der Waals surface area contributed by atoms with Gasteiger partial charge in [0.25, 0.3) is 5.91 Å². The molecular formula is C12H12N2O3. The third-order valence-corrected chi connectivity index (χ3v) is 2.87. The molecule has 0 aliphatic carbocycles. The van der Waals surface area contributed by atoms with E-state index in [9.17, 15) is 15.0 Å². The van der Waals surface area contributed by atoms with Crippen molar-refractivity contribution in [1.29, 1.82) is 5.26 Å². The van der Waals surface area contributed by atoms with Crippen molar-refractivity contribution in [3.8, 4) is 6.07 Å². The molecule has 2 rings (SSSR count). The smallest absolute Gasteiger partial charge is 0.251 e. The molecule has 1 aromatic rings. The molecule has 88 valence electrons. The minimum Gasteiger partial charge on any atom is -0.389 e. The number of benzene rings is 1. The maximum absolute atomic E-state index is 11.4. The van der Waals surface area contributed by atoms with Gasteiger partial charge >= 0.3 is 0 Å². The Kier molecular flexibility index (Phi) is 3.09. The van der Waals surface area contributed by atoms with Gasteiger partial charge in [0.15, 0.2) is 0 Å². The fourth-order valence-electron chi connectivity index (χ4n) is 1.97. The van der Waals surface area contributed by atoms with Crippen LogP contribution in [0.3, 0.4) is 0 Å². The van der Waals surface area contributed by atoms with Crippen molar-refractivity contribution >= 4 is 5.91 Å². The average molecular weight is 232 g/mol. The average Bonchev–Trinajstić information content (AvgIpc) is 2.71. The van der Waals surface area contributed by atoms with Crippen molar-refractivity contribution in [2.24, 2.45) is 0 Å². The summed E-state index contributed by atoms with van der Waals surface area (Å²) >= 11 is 0. The van der Waals surface area contributed by atoms with E-state index in [-0.39, 0.29) is 12.3 Å². The van der Waals surface area contributed by atoms with Gasteiger partial charge in [0.05, 0.1) is 18.6 Å². The number of rotatable bonds is 3. The minimum absolute atomic E-state index is 0.147. The van der Waals surface area contributed by atoms with Crippen molar-refractivity contribution < 1.29 is 15.0 Å². The number of aliphatic hydroxyl groups is 2. The standard InChI is InChI=1S/C12H12N2O3/c13-5-4-10(15)11(16)7-2-1-3-8-9(7)6-14-12(8)17/h1-3,10-11,15-16H,4,6H2,(H,14,17). The summed E-state index contributed by atoms with van der Waals surface area (Å²) in [4.78, 5) is 11.4. The summed E-state index contributed by atoms with van der Waals surface area (Å²) in [7, 11) is 0. The Morgan fingerprint density at radius 3 is 2.94 bits per heavy atom. The molecule has 0 fully saturated rings. The number of hydrogen-bond donors (Lipinski definition) is 3. The second kappa shape index (κ2) is 4.53. The third kappa shape index (κ3) is 2.00. The zero-order chi connectivity index (χ0) is 12.4. The summed E-state index contributed by atoms with van der Waals surface area (Å²) in [6, 6.07) is 6.78. The quantitative estimate of drug-likeness (QED) is 0.695. The lowest BCUT2D eigenvalue weighted by Crippen LogP contribution is -2.19. The Bertz CT molecular complexity index is 493. The van der Waals surface area contributed by atoms with Crippen LogP contribution in [0.1, 0.15) is 34.0 Å². The molecule has 2 unspecified atom stereocenters. The summed E-state index contributed by atoms with van der Waals surface area (Å²) in [6.45, 7) is 0.348. The first kappa shape index (κ1) is 11.6. The van der Waals surface area contributed by atoms with Crippen LogP contribution in [0.15, 0.2) is 18.2 Å². The maximum atomic E-state index is 11.4. The molecule has 0 bridgehead atoms. The zero-order valence-corrected chi connectivity index (χ0v) is 9.05. The molecule has 0 saturated heterocycles. The lowest BCUT2D eigenvalue weighted by atomic mass is 9.95. The number of nitrogens with one attached hydrogen (secondary N) is 1. The van der Waals surface area contributed by atoms with Gasteiger partial charge in [-0.25, -0.2) is 0 Å². The number of fused-ring (bicyclic) bond motifs is 1. The first-order valence-electron chi connectivity index (χ1n) is 5.28. The summed E-state index contributed by atoms with van der Waals surface area (Å²) in [6.07, 6.45) is -2.42. The van der Waals surface area contributed by atoms with Gasteiger partial charge in [-0.05, 0) is 17.2 Å². The summed E-state index contributed by atoms with van der Waals surface area (Å²) < 4.78 is 0. The van der Waals surface area contributed by atoms with E-state index in [0.717, 1.165) is 0 Å². The Balaban J connectivity index is 2.35. The SMILES string of the molecule is N#CCC(O)C(O)c1cccc2c1CNC2=O. The normalized spacial score (nSPS) is 16.9. The molecule has 0 saturated carbocycles. The van der Waals surface area contributed by atoms with E-state index < -0.39 is 12.2 Å². The molecule has 1 aliphatic rings. The number of nitrogens with zero attached hydrogens (tertiary/aromatic N) is 1. The topological polar surface area (TPSA) is 93.3 Å². The molecule has 1 amide bonds. The van der Waals surface area contributed by atoms with E-state index in [4.69, 9.17) is 5.26 Å². The Morgan fingerprint density at radius 1 is 1.47 bits per heavy atom. The van der Waals surface area contributed by atoms with E-state index in [1.165, 1.54) is 0 Å². The van der Waals surface area contributed by atoms with E-state index >= 15 is 0 Å². The lowest BCUT2D eigenvalue weighted by Gasteiger charge is -2.18. The molecule has 5 nitrogen and oxygen atoms in total. The fraction of sp³-hybridized carbons (Fsp3) is 0.333. The van der Waals surface area contributed by atoms with Crippen LogP contribution in [0.5, 0.6) is 0 Å². The minimum atomic E-state index is -1.14. The Hall–Kier alpha value is -1.90. The first-order valence-corrected chi connectivity index (χ1v) is 5.28. The summed E-state index contributed by atoms with van der Waals surface area (Å²) in [5.41, 5.74) is 1.72. The van der Waals surface area contributed by atoms with Crippen LogP contribution in [0.4, 0.5) is 0 Å². The molecule has 0 aromatic heterocycles. The second-order valence-electron chi connectivity index (χ2n) is 3.93. The number of carbonyl (C=O) groups excluding carboxylic acids is 1. The van der Waals surface area contributed by atoms with Gasteiger partial charge in [0.1, 0.15) is 6.10 Å². The van der Waals surface area contributed by atoms with Crippen LogP contribution < -0.4 is 5.32 Å². The molecule has 2 atom stereocenters.